The van der Waals surface area contributed by atoms with Crippen molar-refractivity contribution < 1.29 is 4.79 Å². The second kappa shape index (κ2) is 5.69. The molecule has 1 amide bonds. The van der Waals surface area contributed by atoms with E-state index in [2.05, 4.69) is 15.3 Å². The van der Waals surface area contributed by atoms with Crippen molar-refractivity contribution in [1.29, 1.82) is 0 Å². The first-order valence-electron chi connectivity index (χ1n) is 7.00. The minimum absolute atomic E-state index is 0.0625. The highest BCUT2D eigenvalue weighted by Gasteiger charge is 2.32. The third kappa shape index (κ3) is 3.30. The Morgan fingerprint density at radius 2 is 1.95 bits per heavy atom. The lowest BCUT2D eigenvalue weighted by Gasteiger charge is -2.38. The molecule has 0 unspecified atom stereocenters. The van der Waals surface area contributed by atoms with Gasteiger partial charge in [0.15, 0.2) is 5.13 Å². The minimum atomic E-state index is -0.434. The zero-order valence-corrected chi connectivity index (χ0v) is 13.5. The molecule has 20 heavy (non-hydrogen) atoms. The van der Waals surface area contributed by atoms with Crippen LogP contribution in [0.4, 0.5) is 5.13 Å². The van der Waals surface area contributed by atoms with Gasteiger partial charge in [0.25, 0.3) is 0 Å². The molecule has 112 valence electrons. The highest BCUT2D eigenvalue weighted by atomic mass is 32.1. The van der Waals surface area contributed by atoms with Crippen molar-refractivity contribution >= 4 is 22.4 Å². The number of hydrogen-bond acceptors (Lipinski definition) is 5. The van der Waals surface area contributed by atoms with Gasteiger partial charge in [0.1, 0.15) is 0 Å². The fourth-order valence-corrected chi connectivity index (χ4v) is 3.03. The minimum Gasteiger partial charge on any atom is -0.345 e. The fourth-order valence-electron chi connectivity index (χ4n) is 2.17. The van der Waals surface area contributed by atoms with Gasteiger partial charge in [-0.05, 0) is 12.3 Å². The zero-order valence-electron chi connectivity index (χ0n) is 12.7. The summed E-state index contributed by atoms with van der Waals surface area (Å²) in [5.74, 6) is 0.0625. The third-order valence-corrected chi connectivity index (χ3v) is 4.69. The summed E-state index contributed by atoms with van der Waals surface area (Å²) in [6.07, 6.45) is 0. The van der Waals surface area contributed by atoms with Crippen LogP contribution in [0.1, 0.15) is 26.5 Å². The van der Waals surface area contributed by atoms with Crippen LogP contribution in [-0.2, 0) is 4.79 Å². The highest BCUT2D eigenvalue weighted by Crippen LogP contribution is 2.23. The molecule has 1 aliphatic heterocycles. The average Bonchev–Trinajstić information content (AvgIpc) is 2.83. The van der Waals surface area contributed by atoms with E-state index < -0.39 is 6.04 Å². The van der Waals surface area contributed by atoms with Gasteiger partial charge in [0, 0.05) is 31.6 Å². The lowest BCUT2D eigenvalue weighted by atomic mass is 9.86. The maximum Gasteiger partial charge on any atom is 0.240 e. The van der Waals surface area contributed by atoms with Crippen LogP contribution in [-0.4, -0.2) is 48.0 Å². The Hall–Kier alpha value is -1.14. The molecule has 1 atom stereocenters. The Bertz CT molecular complexity index is 472. The molecule has 1 aromatic rings. The SMILES string of the molecule is Cc1csc(N2CCN(C(=O)[C@@H](N)C(C)(C)C)CC2)n1. The molecule has 1 saturated heterocycles. The molecule has 2 N–H and O–H groups in total. The van der Waals surface area contributed by atoms with Gasteiger partial charge in [-0.25, -0.2) is 4.98 Å². The van der Waals surface area contributed by atoms with Gasteiger partial charge >= 0.3 is 0 Å². The molecule has 0 aliphatic carbocycles. The Morgan fingerprint density at radius 1 is 1.35 bits per heavy atom. The van der Waals surface area contributed by atoms with Crippen LogP contribution in [0.15, 0.2) is 5.38 Å². The number of carbonyl (C=O) groups is 1. The molecule has 1 aliphatic rings. The Morgan fingerprint density at radius 3 is 2.40 bits per heavy atom. The molecule has 0 bridgehead atoms. The molecule has 2 heterocycles. The number of rotatable bonds is 2. The Balaban J connectivity index is 1.93. The van der Waals surface area contributed by atoms with Gasteiger partial charge in [0.05, 0.1) is 11.7 Å². The molecule has 2 rings (SSSR count). The first-order valence-corrected chi connectivity index (χ1v) is 7.88. The maximum atomic E-state index is 12.4. The van der Waals surface area contributed by atoms with E-state index >= 15 is 0 Å². The summed E-state index contributed by atoms with van der Waals surface area (Å²) >= 11 is 1.66. The largest absolute Gasteiger partial charge is 0.345 e. The summed E-state index contributed by atoms with van der Waals surface area (Å²) < 4.78 is 0. The predicted octanol–water partition coefficient (Wildman–Crippen LogP) is 1.47. The Kier molecular flexibility index (Phi) is 4.34. The van der Waals surface area contributed by atoms with Crippen LogP contribution in [0, 0.1) is 12.3 Å². The van der Waals surface area contributed by atoms with E-state index in [4.69, 9.17) is 5.73 Å². The average molecular weight is 296 g/mol. The molecule has 6 heteroatoms. The zero-order chi connectivity index (χ0) is 14.9. The van der Waals surface area contributed by atoms with Gasteiger partial charge in [0.2, 0.25) is 5.91 Å². The first kappa shape index (κ1) is 15.3. The van der Waals surface area contributed by atoms with Crippen molar-refractivity contribution in [2.24, 2.45) is 11.1 Å². The summed E-state index contributed by atoms with van der Waals surface area (Å²) in [5, 5.41) is 3.11. The van der Waals surface area contributed by atoms with Crippen molar-refractivity contribution in [3.8, 4) is 0 Å². The van der Waals surface area contributed by atoms with E-state index in [1.54, 1.807) is 11.3 Å². The molecular weight excluding hydrogens is 272 g/mol. The monoisotopic (exact) mass is 296 g/mol. The van der Waals surface area contributed by atoms with Crippen LogP contribution in [0.25, 0.3) is 0 Å². The number of thiazole rings is 1. The third-order valence-electron chi connectivity index (χ3n) is 3.67. The molecule has 1 fully saturated rings. The summed E-state index contributed by atoms with van der Waals surface area (Å²) in [7, 11) is 0. The van der Waals surface area contributed by atoms with Gasteiger partial charge in [-0.2, -0.15) is 0 Å². The van der Waals surface area contributed by atoms with E-state index in [-0.39, 0.29) is 11.3 Å². The van der Waals surface area contributed by atoms with E-state index in [9.17, 15) is 4.79 Å². The molecule has 0 spiro atoms. The standard InChI is InChI=1S/C14H24N4OS/c1-10-9-20-13(16-10)18-7-5-17(6-8-18)12(19)11(15)14(2,3)4/h9,11H,5-8,15H2,1-4H3/t11-/m1/s1. The number of amides is 1. The van der Waals surface area contributed by atoms with Crippen LogP contribution < -0.4 is 10.6 Å². The molecular formula is C14H24N4OS. The number of aryl methyl sites for hydroxylation is 1. The van der Waals surface area contributed by atoms with E-state index in [1.165, 1.54) is 0 Å². The maximum absolute atomic E-state index is 12.4. The van der Waals surface area contributed by atoms with E-state index in [0.717, 1.165) is 37.0 Å². The number of hydrogen-bond donors (Lipinski definition) is 1. The smallest absolute Gasteiger partial charge is 0.240 e. The number of aromatic nitrogens is 1. The van der Waals surface area contributed by atoms with Crippen molar-refractivity contribution in [2.45, 2.75) is 33.7 Å². The molecule has 5 nitrogen and oxygen atoms in total. The van der Waals surface area contributed by atoms with Crippen LogP contribution >= 0.6 is 11.3 Å². The number of carbonyl (C=O) groups excluding carboxylic acids is 1. The number of anilines is 1. The molecule has 1 aromatic heterocycles. The first-order chi connectivity index (χ1) is 9.29. The second-order valence-electron chi connectivity index (χ2n) is 6.43. The van der Waals surface area contributed by atoms with Crippen LogP contribution in [0.3, 0.4) is 0 Å². The van der Waals surface area contributed by atoms with Crippen molar-refractivity contribution in [3.63, 3.8) is 0 Å². The van der Waals surface area contributed by atoms with Crippen molar-refractivity contribution in [2.75, 3.05) is 31.1 Å². The van der Waals surface area contributed by atoms with E-state index in [0.29, 0.717) is 0 Å². The molecule has 0 saturated carbocycles. The normalized spacial score (nSPS) is 18.2. The molecule has 0 radical (unpaired) electrons. The van der Waals surface area contributed by atoms with Crippen molar-refractivity contribution in [1.82, 2.24) is 9.88 Å². The predicted molar refractivity (Wildman–Crippen MR) is 83.1 cm³/mol. The van der Waals surface area contributed by atoms with Gasteiger partial charge < -0.3 is 15.5 Å². The summed E-state index contributed by atoms with van der Waals surface area (Å²) in [6.45, 7) is 11.1. The van der Waals surface area contributed by atoms with Gasteiger partial charge in [-0.1, -0.05) is 20.8 Å². The van der Waals surface area contributed by atoms with Gasteiger partial charge in [-0.15, -0.1) is 11.3 Å². The second-order valence-corrected chi connectivity index (χ2v) is 7.26. The number of nitrogens with zero attached hydrogens (tertiary/aromatic N) is 3. The lowest BCUT2D eigenvalue weighted by molar-refractivity contribution is -0.135. The van der Waals surface area contributed by atoms with E-state index in [1.807, 2.05) is 32.6 Å². The highest BCUT2D eigenvalue weighted by molar-refractivity contribution is 7.13. The summed E-state index contributed by atoms with van der Waals surface area (Å²) in [5.41, 5.74) is 6.92. The van der Waals surface area contributed by atoms with Crippen molar-refractivity contribution in [3.05, 3.63) is 11.1 Å². The number of nitrogens with two attached hydrogens (primary N) is 1. The number of piperazine rings is 1. The topological polar surface area (TPSA) is 62.5 Å². The fraction of sp³-hybridized carbons (Fsp3) is 0.714. The van der Waals surface area contributed by atoms with Crippen LogP contribution in [0.2, 0.25) is 0 Å². The van der Waals surface area contributed by atoms with Crippen LogP contribution in [0.5, 0.6) is 0 Å². The summed E-state index contributed by atoms with van der Waals surface area (Å²) in [6, 6.07) is -0.434. The van der Waals surface area contributed by atoms with Gasteiger partial charge in [-0.3, -0.25) is 4.79 Å². The molecule has 0 aromatic carbocycles. The Labute approximate surface area is 124 Å². The lowest BCUT2D eigenvalue weighted by Crippen LogP contribution is -2.56. The summed E-state index contributed by atoms with van der Waals surface area (Å²) in [4.78, 5) is 21.0. The quantitative estimate of drug-likeness (QED) is 0.898.